The Morgan fingerprint density at radius 3 is 2.71 bits per heavy atom. The van der Waals surface area contributed by atoms with Crippen LogP contribution in [0.3, 0.4) is 0 Å². The van der Waals surface area contributed by atoms with Crippen LogP contribution in [0.2, 0.25) is 0 Å². The quantitative estimate of drug-likeness (QED) is 0.329. The van der Waals surface area contributed by atoms with Crippen LogP contribution in [0, 0.1) is 0 Å². The summed E-state index contributed by atoms with van der Waals surface area (Å²) in [6.45, 7) is 0. The van der Waals surface area contributed by atoms with Crippen molar-refractivity contribution in [3.63, 3.8) is 0 Å². The Balaban J connectivity index is 0.000000360. The van der Waals surface area contributed by atoms with E-state index in [0.717, 1.165) is 0 Å². The molecule has 0 aromatic rings. The largest absolute Gasteiger partial charge is 1.00 e. The molecular weight excluding hydrogens is 121 g/mol. The van der Waals surface area contributed by atoms with Crippen molar-refractivity contribution in [3.05, 3.63) is 0 Å². The number of amides is 1. The zero-order valence-corrected chi connectivity index (χ0v) is 6.86. The maximum Gasteiger partial charge on any atom is 1.00 e. The van der Waals surface area contributed by atoms with Crippen molar-refractivity contribution in [2.24, 2.45) is 4.99 Å². The van der Waals surface area contributed by atoms with Crippen LogP contribution < -0.4 is 29.6 Å². The molecule has 1 aliphatic heterocycles. The third-order valence-corrected chi connectivity index (χ3v) is 1.15. The molecule has 0 spiro atoms. The summed E-state index contributed by atoms with van der Waals surface area (Å²) >= 11 is 1.44. The van der Waals surface area contributed by atoms with Gasteiger partial charge in [0.05, 0.1) is 11.3 Å². The smallest absolute Gasteiger partial charge is 0.272 e. The van der Waals surface area contributed by atoms with Gasteiger partial charge in [-0.15, -0.1) is 11.8 Å². The van der Waals surface area contributed by atoms with Gasteiger partial charge in [0, 0.05) is 0 Å². The summed E-state index contributed by atoms with van der Waals surface area (Å²) in [5.41, 5.74) is 1.57. The van der Waals surface area contributed by atoms with Crippen LogP contribution in [-0.4, -0.2) is 17.2 Å². The standard InChI is InChI=1S/C3H3NOS.Na/c5-3-1-6-2-4-3;/h2H,1H2;/q;+1. The first-order chi connectivity index (χ1) is 2.89. The number of carbonyl (C=O) groups is 1. The van der Waals surface area contributed by atoms with Crippen LogP contribution in [0.15, 0.2) is 4.99 Å². The number of nitrogens with zero attached hydrogens (tertiary/aromatic N) is 1. The fourth-order valence-electron chi connectivity index (χ4n) is 0.242. The van der Waals surface area contributed by atoms with Crippen molar-refractivity contribution in [2.45, 2.75) is 0 Å². The van der Waals surface area contributed by atoms with Gasteiger partial charge in [-0.1, -0.05) is 0 Å². The molecule has 2 nitrogen and oxygen atoms in total. The number of carbonyl (C=O) groups excluding carboxylic acids is 1. The Hall–Kier alpha value is 0.690. The third-order valence-electron chi connectivity index (χ3n) is 0.478. The predicted octanol–water partition coefficient (Wildman–Crippen LogP) is -2.71. The molecule has 0 unspecified atom stereocenters. The summed E-state index contributed by atoms with van der Waals surface area (Å²) in [6.07, 6.45) is 0. The molecule has 0 aromatic carbocycles. The van der Waals surface area contributed by atoms with E-state index in [0.29, 0.717) is 5.75 Å². The minimum atomic E-state index is -0.0139. The molecule has 4 heteroatoms. The van der Waals surface area contributed by atoms with E-state index in [4.69, 9.17) is 0 Å². The number of rotatable bonds is 0. The molecule has 0 N–H and O–H groups in total. The summed E-state index contributed by atoms with van der Waals surface area (Å²) in [4.78, 5) is 13.5. The van der Waals surface area contributed by atoms with Crippen molar-refractivity contribution in [1.29, 1.82) is 0 Å². The summed E-state index contributed by atoms with van der Waals surface area (Å²) in [5.74, 6) is 0.528. The van der Waals surface area contributed by atoms with Gasteiger partial charge < -0.3 is 0 Å². The van der Waals surface area contributed by atoms with Gasteiger partial charge >= 0.3 is 29.6 Å². The number of aliphatic imine (C=N–C) groups is 1. The van der Waals surface area contributed by atoms with Crippen molar-refractivity contribution >= 4 is 23.2 Å². The molecule has 0 aliphatic carbocycles. The van der Waals surface area contributed by atoms with Crippen molar-refractivity contribution in [1.82, 2.24) is 0 Å². The van der Waals surface area contributed by atoms with Crippen LogP contribution in [0.1, 0.15) is 0 Å². The first kappa shape index (κ1) is 7.69. The van der Waals surface area contributed by atoms with Gasteiger partial charge in [0.15, 0.2) is 0 Å². The summed E-state index contributed by atoms with van der Waals surface area (Å²) < 4.78 is 0. The fraction of sp³-hybridized carbons (Fsp3) is 0.333. The summed E-state index contributed by atoms with van der Waals surface area (Å²) in [5, 5.41) is 0. The molecule has 0 radical (unpaired) electrons. The number of hydrogen-bond donors (Lipinski definition) is 0. The van der Waals surface area contributed by atoms with E-state index in [-0.39, 0.29) is 35.5 Å². The summed E-state index contributed by atoms with van der Waals surface area (Å²) in [7, 11) is 0. The van der Waals surface area contributed by atoms with E-state index in [1.54, 1.807) is 5.55 Å². The molecule has 0 fully saturated rings. The monoisotopic (exact) mass is 124 g/mol. The van der Waals surface area contributed by atoms with Gasteiger partial charge in [-0.05, 0) is 0 Å². The maximum absolute atomic E-state index is 10.0. The topological polar surface area (TPSA) is 29.4 Å². The minimum Gasteiger partial charge on any atom is -0.272 e. The van der Waals surface area contributed by atoms with Crippen molar-refractivity contribution < 1.29 is 34.4 Å². The molecule has 0 saturated carbocycles. The molecule has 32 valence electrons. The molecule has 1 rings (SSSR count). The second-order valence-electron chi connectivity index (χ2n) is 0.939. The van der Waals surface area contributed by atoms with E-state index in [2.05, 4.69) is 4.99 Å². The number of hydrogen-bond acceptors (Lipinski definition) is 2. The average molecular weight is 124 g/mol. The second-order valence-corrected chi connectivity index (χ2v) is 1.77. The van der Waals surface area contributed by atoms with E-state index < -0.39 is 0 Å². The minimum absolute atomic E-state index is 0. The van der Waals surface area contributed by atoms with Crippen LogP contribution in [0.4, 0.5) is 0 Å². The molecule has 1 heterocycles. The van der Waals surface area contributed by atoms with Gasteiger partial charge in [0.25, 0.3) is 5.91 Å². The van der Waals surface area contributed by atoms with Gasteiger partial charge in [-0.25, -0.2) is 4.99 Å². The Bertz CT molecular complexity index is 103. The first-order valence-corrected chi connectivity index (χ1v) is 2.61. The normalized spacial score (nSPS) is 16.9. The van der Waals surface area contributed by atoms with E-state index >= 15 is 0 Å². The molecule has 0 atom stereocenters. The van der Waals surface area contributed by atoms with Gasteiger partial charge in [-0.3, -0.25) is 4.79 Å². The van der Waals surface area contributed by atoms with Crippen LogP contribution in [0.25, 0.3) is 0 Å². The third kappa shape index (κ3) is 2.49. The van der Waals surface area contributed by atoms with Gasteiger partial charge in [0.2, 0.25) is 0 Å². The molecule has 1 amide bonds. The van der Waals surface area contributed by atoms with Crippen LogP contribution in [-0.2, 0) is 4.79 Å². The van der Waals surface area contributed by atoms with Crippen LogP contribution in [0.5, 0.6) is 0 Å². The van der Waals surface area contributed by atoms with Gasteiger partial charge in [0.1, 0.15) is 0 Å². The first-order valence-electron chi connectivity index (χ1n) is 1.56. The Labute approximate surface area is 68.1 Å². The zero-order chi connectivity index (χ0) is 4.41. The molecule has 0 bridgehead atoms. The maximum atomic E-state index is 10.0. The zero-order valence-electron chi connectivity index (χ0n) is 4.05. The van der Waals surface area contributed by atoms with Crippen molar-refractivity contribution in [2.75, 3.05) is 5.75 Å². The fourth-order valence-corrected chi connectivity index (χ4v) is 0.726. The Morgan fingerprint density at radius 1 is 1.86 bits per heavy atom. The predicted molar refractivity (Wildman–Crippen MR) is 26.0 cm³/mol. The molecule has 7 heavy (non-hydrogen) atoms. The molecule has 0 aromatic heterocycles. The van der Waals surface area contributed by atoms with Crippen LogP contribution >= 0.6 is 11.8 Å². The number of thioether (sulfide) groups is 1. The van der Waals surface area contributed by atoms with E-state index in [1.807, 2.05) is 0 Å². The van der Waals surface area contributed by atoms with E-state index in [1.165, 1.54) is 11.8 Å². The Kier molecular flexibility index (Phi) is 4.02. The van der Waals surface area contributed by atoms with Gasteiger partial charge in [-0.2, -0.15) is 0 Å². The summed E-state index contributed by atoms with van der Waals surface area (Å²) in [6, 6.07) is 0. The molecule has 0 saturated heterocycles. The van der Waals surface area contributed by atoms with E-state index in [9.17, 15) is 4.79 Å². The Morgan fingerprint density at radius 2 is 2.57 bits per heavy atom. The average Bonchev–Trinajstić information content (AvgIpc) is 1.86. The SMILES string of the molecule is O=C1CSC=N1.[Na+]. The second kappa shape index (κ2) is 3.66. The molecule has 1 aliphatic rings. The molecular formula is C3H3NNaOS+. The van der Waals surface area contributed by atoms with Crippen molar-refractivity contribution in [3.8, 4) is 0 Å².